The zero-order chi connectivity index (χ0) is 14.8. The number of aromatic hydroxyl groups is 1. The van der Waals surface area contributed by atoms with Gasteiger partial charge in [0.25, 0.3) is 0 Å². The van der Waals surface area contributed by atoms with Crippen LogP contribution < -0.4 is 5.32 Å². The van der Waals surface area contributed by atoms with Crippen LogP contribution in [0.2, 0.25) is 0 Å². The summed E-state index contributed by atoms with van der Waals surface area (Å²) in [6.07, 6.45) is 0. The minimum Gasteiger partial charge on any atom is -0.508 e. The minimum absolute atomic E-state index is 0.158. The van der Waals surface area contributed by atoms with Gasteiger partial charge in [-0.05, 0) is 37.6 Å². The minimum atomic E-state index is 0.158. The van der Waals surface area contributed by atoms with Gasteiger partial charge in [0.05, 0.1) is 0 Å². The number of furan rings is 1. The fourth-order valence-electron chi connectivity index (χ4n) is 2.61. The van der Waals surface area contributed by atoms with E-state index >= 15 is 0 Å². The number of rotatable bonds is 4. The van der Waals surface area contributed by atoms with E-state index in [1.807, 2.05) is 37.3 Å². The molecule has 0 radical (unpaired) electrons. The molecule has 3 rings (SSSR count). The summed E-state index contributed by atoms with van der Waals surface area (Å²) in [5.74, 6) is 1.25. The average Bonchev–Trinajstić information content (AvgIpc) is 2.80. The molecule has 0 aliphatic carbocycles. The number of phenolic OH excluding ortho intramolecular Hbond substituents is 1. The second kappa shape index (κ2) is 5.62. The van der Waals surface area contributed by atoms with E-state index in [0.717, 1.165) is 28.8 Å². The molecule has 1 atom stereocenters. The van der Waals surface area contributed by atoms with E-state index in [1.165, 1.54) is 5.56 Å². The maximum Gasteiger partial charge on any atom is 0.134 e. The second-order valence-electron chi connectivity index (χ2n) is 5.33. The maximum absolute atomic E-state index is 9.56. The number of aryl methyl sites for hydroxylation is 1. The van der Waals surface area contributed by atoms with Crippen molar-refractivity contribution in [3.05, 3.63) is 65.4 Å². The van der Waals surface area contributed by atoms with Gasteiger partial charge in [0.2, 0.25) is 0 Å². The van der Waals surface area contributed by atoms with Gasteiger partial charge in [-0.25, -0.2) is 0 Å². The molecular formula is C18H19NO2. The summed E-state index contributed by atoms with van der Waals surface area (Å²) in [6, 6.07) is 15.6. The standard InChI is InChI=1S/C18H19NO2/c1-12(14-6-5-7-15(20)10-14)19-11-17-13(2)21-18-9-4-3-8-16(17)18/h3-10,12,19-20H,11H2,1-2H3. The van der Waals surface area contributed by atoms with Crippen molar-refractivity contribution in [1.29, 1.82) is 0 Å². The van der Waals surface area contributed by atoms with E-state index in [2.05, 4.69) is 18.3 Å². The van der Waals surface area contributed by atoms with Crippen molar-refractivity contribution in [3.63, 3.8) is 0 Å². The molecule has 1 unspecified atom stereocenters. The Labute approximate surface area is 124 Å². The van der Waals surface area contributed by atoms with Crippen LogP contribution in [0.1, 0.15) is 29.9 Å². The molecular weight excluding hydrogens is 262 g/mol. The van der Waals surface area contributed by atoms with Crippen molar-refractivity contribution in [2.45, 2.75) is 26.4 Å². The molecule has 3 aromatic rings. The summed E-state index contributed by atoms with van der Waals surface area (Å²) in [5.41, 5.74) is 3.19. The van der Waals surface area contributed by atoms with Crippen LogP contribution in [0, 0.1) is 6.92 Å². The Morgan fingerprint density at radius 3 is 2.76 bits per heavy atom. The lowest BCUT2D eigenvalue weighted by Gasteiger charge is -2.14. The van der Waals surface area contributed by atoms with Gasteiger partial charge >= 0.3 is 0 Å². The first kappa shape index (κ1) is 13.7. The van der Waals surface area contributed by atoms with Gasteiger partial charge < -0.3 is 14.8 Å². The number of benzene rings is 2. The van der Waals surface area contributed by atoms with Gasteiger partial charge in [-0.1, -0.05) is 30.3 Å². The van der Waals surface area contributed by atoms with E-state index in [1.54, 1.807) is 12.1 Å². The molecule has 0 aliphatic rings. The molecule has 0 saturated heterocycles. The van der Waals surface area contributed by atoms with Crippen LogP contribution in [-0.4, -0.2) is 5.11 Å². The third-order valence-corrected chi connectivity index (χ3v) is 3.86. The van der Waals surface area contributed by atoms with Crippen molar-refractivity contribution in [2.75, 3.05) is 0 Å². The normalized spacial score (nSPS) is 12.7. The molecule has 0 bridgehead atoms. The molecule has 1 heterocycles. The number of nitrogens with one attached hydrogen (secondary N) is 1. The molecule has 0 amide bonds. The maximum atomic E-state index is 9.56. The lowest BCUT2D eigenvalue weighted by atomic mass is 10.1. The van der Waals surface area contributed by atoms with Crippen molar-refractivity contribution in [1.82, 2.24) is 5.32 Å². The van der Waals surface area contributed by atoms with E-state index < -0.39 is 0 Å². The van der Waals surface area contributed by atoms with Crippen LogP contribution in [0.5, 0.6) is 5.75 Å². The number of phenols is 1. The topological polar surface area (TPSA) is 45.4 Å². The van der Waals surface area contributed by atoms with Gasteiger partial charge in [-0.2, -0.15) is 0 Å². The highest BCUT2D eigenvalue weighted by Gasteiger charge is 2.12. The molecule has 3 nitrogen and oxygen atoms in total. The number of hydrogen-bond donors (Lipinski definition) is 2. The van der Waals surface area contributed by atoms with E-state index in [0.29, 0.717) is 5.75 Å². The van der Waals surface area contributed by atoms with E-state index in [9.17, 15) is 5.11 Å². The van der Waals surface area contributed by atoms with Gasteiger partial charge in [-0.3, -0.25) is 0 Å². The summed E-state index contributed by atoms with van der Waals surface area (Å²) in [7, 11) is 0. The zero-order valence-corrected chi connectivity index (χ0v) is 12.3. The van der Waals surface area contributed by atoms with E-state index in [-0.39, 0.29) is 6.04 Å². The third-order valence-electron chi connectivity index (χ3n) is 3.86. The van der Waals surface area contributed by atoms with Gasteiger partial charge in [0.15, 0.2) is 0 Å². The Morgan fingerprint density at radius 2 is 1.95 bits per heavy atom. The van der Waals surface area contributed by atoms with Crippen LogP contribution in [0.15, 0.2) is 52.9 Å². The summed E-state index contributed by atoms with van der Waals surface area (Å²) in [5, 5.41) is 14.2. The monoisotopic (exact) mass is 281 g/mol. The Balaban J connectivity index is 1.79. The highest BCUT2D eigenvalue weighted by atomic mass is 16.3. The van der Waals surface area contributed by atoms with Crippen LogP contribution in [0.3, 0.4) is 0 Å². The fraction of sp³-hybridized carbons (Fsp3) is 0.222. The molecule has 0 saturated carbocycles. The van der Waals surface area contributed by atoms with Crippen molar-refractivity contribution < 1.29 is 9.52 Å². The van der Waals surface area contributed by atoms with Gasteiger partial charge in [0, 0.05) is 23.5 Å². The largest absolute Gasteiger partial charge is 0.508 e. The van der Waals surface area contributed by atoms with Crippen LogP contribution in [-0.2, 0) is 6.54 Å². The Hall–Kier alpha value is -2.26. The van der Waals surface area contributed by atoms with Crippen molar-refractivity contribution in [3.8, 4) is 5.75 Å². The fourth-order valence-corrected chi connectivity index (χ4v) is 2.61. The lowest BCUT2D eigenvalue weighted by Crippen LogP contribution is -2.18. The predicted molar refractivity (Wildman–Crippen MR) is 84.3 cm³/mol. The first-order valence-electron chi connectivity index (χ1n) is 7.14. The molecule has 0 spiro atoms. The van der Waals surface area contributed by atoms with E-state index in [4.69, 9.17) is 4.42 Å². The molecule has 108 valence electrons. The average molecular weight is 281 g/mol. The van der Waals surface area contributed by atoms with Crippen LogP contribution in [0.25, 0.3) is 11.0 Å². The summed E-state index contributed by atoms with van der Waals surface area (Å²) < 4.78 is 5.78. The molecule has 3 heteroatoms. The Morgan fingerprint density at radius 1 is 1.14 bits per heavy atom. The van der Waals surface area contributed by atoms with Crippen molar-refractivity contribution in [2.24, 2.45) is 0 Å². The van der Waals surface area contributed by atoms with Gasteiger partial charge in [0.1, 0.15) is 17.1 Å². The first-order chi connectivity index (χ1) is 10.1. The van der Waals surface area contributed by atoms with Crippen LogP contribution in [0.4, 0.5) is 0 Å². The molecule has 2 N–H and O–H groups in total. The number of hydrogen-bond acceptors (Lipinski definition) is 3. The molecule has 1 aromatic heterocycles. The Bertz CT molecular complexity index is 761. The molecule has 0 fully saturated rings. The molecule has 0 aliphatic heterocycles. The number of para-hydroxylation sites is 1. The lowest BCUT2D eigenvalue weighted by molar-refractivity contribution is 0.472. The highest BCUT2D eigenvalue weighted by molar-refractivity contribution is 5.82. The first-order valence-corrected chi connectivity index (χ1v) is 7.14. The SMILES string of the molecule is Cc1oc2ccccc2c1CNC(C)c1cccc(O)c1. The second-order valence-corrected chi connectivity index (χ2v) is 5.33. The zero-order valence-electron chi connectivity index (χ0n) is 12.3. The summed E-state index contributed by atoms with van der Waals surface area (Å²) >= 11 is 0. The molecule has 2 aromatic carbocycles. The van der Waals surface area contributed by atoms with Gasteiger partial charge in [-0.15, -0.1) is 0 Å². The summed E-state index contributed by atoms with van der Waals surface area (Å²) in [6.45, 7) is 4.82. The van der Waals surface area contributed by atoms with Crippen LogP contribution >= 0.6 is 0 Å². The predicted octanol–water partition coefficient (Wildman–Crippen LogP) is 4.30. The number of fused-ring (bicyclic) bond motifs is 1. The third kappa shape index (κ3) is 2.78. The Kier molecular flexibility index (Phi) is 3.67. The quantitative estimate of drug-likeness (QED) is 0.749. The smallest absolute Gasteiger partial charge is 0.134 e. The molecule has 21 heavy (non-hydrogen) atoms. The summed E-state index contributed by atoms with van der Waals surface area (Å²) in [4.78, 5) is 0. The van der Waals surface area contributed by atoms with Crippen molar-refractivity contribution >= 4 is 11.0 Å². The highest BCUT2D eigenvalue weighted by Crippen LogP contribution is 2.26.